The molecule has 0 spiro atoms. The van der Waals surface area contributed by atoms with E-state index in [1.807, 2.05) is 0 Å². The van der Waals surface area contributed by atoms with Gasteiger partial charge in [0.2, 0.25) is 5.91 Å². The molecule has 2 aromatic rings. The number of benzene rings is 1. The first kappa shape index (κ1) is 19.6. The molecule has 8 heteroatoms. The van der Waals surface area contributed by atoms with Crippen LogP contribution < -0.4 is 5.32 Å². The molecule has 1 saturated heterocycles. The third-order valence-electron chi connectivity index (χ3n) is 4.70. The van der Waals surface area contributed by atoms with Crippen molar-refractivity contribution in [2.45, 2.75) is 19.4 Å². The smallest absolute Gasteiger partial charge is 0.256 e. The molecule has 1 aromatic heterocycles. The van der Waals surface area contributed by atoms with Crippen LogP contribution in [0.4, 0.5) is 4.39 Å². The molecular weight excluding hydrogens is 365 g/mol. The fourth-order valence-electron chi connectivity index (χ4n) is 3.16. The molecule has 1 fully saturated rings. The van der Waals surface area contributed by atoms with Crippen LogP contribution in [-0.2, 0) is 4.79 Å². The van der Waals surface area contributed by atoms with Gasteiger partial charge in [0.25, 0.3) is 11.8 Å². The van der Waals surface area contributed by atoms with Crippen molar-refractivity contribution in [3.05, 3.63) is 59.8 Å². The van der Waals surface area contributed by atoms with E-state index in [1.54, 1.807) is 22.8 Å². The SMILES string of the molecule is CC(NC(=O)c1ccoc1)C(=O)N1CCCN(C(=O)c2ccccc2F)CC1. The highest BCUT2D eigenvalue weighted by Crippen LogP contribution is 2.13. The van der Waals surface area contributed by atoms with E-state index in [-0.39, 0.29) is 23.3 Å². The van der Waals surface area contributed by atoms with E-state index in [0.29, 0.717) is 38.2 Å². The van der Waals surface area contributed by atoms with E-state index in [1.165, 1.54) is 36.8 Å². The van der Waals surface area contributed by atoms with E-state index in [9.17, 15) is 18.8 Å². The van der Waals surface area contributed by atoms with Gasteiger partial charge in [-0.25, -0.2) is 4.39 Å². The summed E-state index contributed by atoms with van der Waals surface area (Å²) in [5, 5.41) is 2.65. The molecule has 1 aliphatic heterocycles. The van der Waals surface area contributed by atoms with Crippen LogP contribution in [0.5, 0.6) is 0 Å². The Kier molecular flexibility index (Phi) is 6.08. The van der Waals surface area contributed by atoms with Gasteiger partial charge in [-0.2, -0.15) is 0 Å². The summed E-state index contributed by atoms with van der Waals surface area (Å²) in [7, 11) is 0. The minimum Gasteiger partial charge on any atom is -0.472 e. The number of nitrogens with one attached hydrogen (secondary N) is 1. The van der Waals surface area contributed by atoms with Crippen molar-refractivity contribution in [3.8, 4) is 0 Å². The maximum atomic E-state index is 13.9. The molecule has 148 valence electrons. The zero-order valence-electron chi connectivity index (χ0n) is 15.6. The summed E-state index contributed by atoms with van der Waals surface area (Å²) in [5.74, 6) is -1.55. The van der Waals surface area contributed by atoms with Crippen molar-refractivity contribution >= 4 is 17.7 Å². The molecule has 2 heterocycles. The molecule has 1 aliphatic rings. The molecule has 0 saturated carbocycles. The van der Waals surface area contributed by atoms with Gasteiger partial charge in [-0.05, 0) is 31.5 Å². The molecule has 1 atom stereocenters. The number of furan rings is 1. The van der Waals surface area contributed by atoms with Crippen LogP contribution in [0.1, 0.15) is 34.1 Å². The lowest BCUT2D eigenvalue weighted by Gasteiger charge is -2.25. The standard InChI is InChI=1S/C20H22FN3O4/c1-14(22-18(25)15-7-12-28-13-15)19(26)23-8-4-9-24(11-10-23)20(27)16-5-2-3-6-17(16)21/h2-3,5-7,12-14H,4,8-11H2,1H3,(H,22,25). The van der Waals surface area contributed by atoms with E-state index < -0.39 is 11.9 Å². The van der Waals surface area contributed by atoms with Gasteiger partial charge >= 0.3 is 0 Å². The molecule has 1 unspecified atom stereocenters. The average Bonchev–Trinajstić information content (AvgIpc) is 3.12. The number of hydrogen-bond acceptors (Lipinski definition) is 4. The Balaban J connectivity index is 1.58. The van der Waals surface area contributed by atoms with Crippen molar-refractivity contribution in [2.24, 2.45) is 0 Å². The number of carbonyl (C=O) groups excluding carboxylic acids is 3. The molecule has 1 aromatic carbocycles. The van der Waals surface area contributed by atoms with E-state index in [2.05, 4.69) is 5.32 Å². The summed E-state index contributed by atoms with van der Waals surface area (Å²) >= 11 is 0. The van der Waals surface area contributed by atoms with Gasteiger partial charge in [0.05, 0.1) is 17.4 Å². The van der Waals surface area contributed by atoms with Crippen LogP contribution >= 0.6 is 0 Å². The van der Waals surface area contributed by atoms with E-state index in [4.69, 9.17) is 4.42 Å². The first-order valence-electron chi connectivity index (χ1n) is 9.13. The lowest BCUT2D eigenvalue weighted by atomic mass is 10.2. The van der Waals surface area contributed by atoms with Gasteiger partial charge in [-0.1, -0.05) is 12.1 Å². The average molecular weight is 387 g/mol. The second-order valence-corrected chi connectivity index (χ2v) is 6.66. The summed E-state index contributed by atoms with van der Waals surface area (Å²) < 4.78 is 18.8. The molecule has 1 N–H and O–H groups in total. The van der Waals surface area contributed by atoms with Crippen molar-refractivity contribution in [1.82, 2.24) is 15.1 Å². The fourth-order valence-corrected chi connectivity index (χ4v) is 3.16. The van der Waals surface area contributed by atoms with Crippen LogP contribution in [0.3, 0.4) is 0 Å². The zero-order chi connectivity index (χ0) is 20.1. The Morgan fingerprint density at radius 2 is 1.79 bits per heavy atom. The fraction of sp³-hybridized carbons (Fsp3) is 0.350. The van der Waals surface area contributed by atoms with Crippen LogP contribution in [0.25, 0.3) is 0 Å². The second kappa shape index (κ2) is 8.69. The van der Waals surface area contributed by atoms with Crippen LogP contribution in [0.15, 0.2) is 47.3 Å². The molecule has 3 amide bonds. The Hall–Kier alpha value is -3.16. The second-order valence-electron chi connectivity index (χ2n) is 6.66. The van der Waals surface area contributed by atoms with Gasteiger partial charge in [-0.3, -0.25) is 14.4 Å². The van der Waals surface area contributed by atoms with Gasteiger partial charge in [0, 0.05) is 26.2 Å². The van der Waals surface area contributed by atoms with Crippen molar-refractivity contribution in [2.75, 3.05) is 26.2 Å². The summed E-state index contributed by atoms with van der Waals surface area (Å²) in [6, 6.07) is 6.67. The molecule has 0 aliphatic carbocycles. The highest BCUT2D eigenvalue weighted by molar-refractivity contribution is 5.97. The minimum atomic E-state index is -0.712. The van der Waals surface area contributed by atoms with Crippen LogP contribution in [-0.4, -0.2) is 59.7 Å². The molecule has 0 radical (unpaired) electrons. The number of halogens is 1. The lowest BCUT2D eigenvalue weighted by Crippen LogP contribution is -2.48. The molecular formula is C20H22FN3O4. The lowest BCUT2D eigenvalue weighted by molar-refractivity contribution is -0.132. The van der Waals surface area contributed by atoms with Gasteiger partial charge in [0.1, 0.15) is 18.1 Å². The Morgan fingerprint density at radius 1 is 1.07 bits per heavy atom. The third kappa shape index (κ3) is 4.39. The van der Waals surface area contributed by atoms with Gasteiger partial charge in [-0.15, -0.1) is 0 Å². The van der Waals surface area contributed by atoms with Crippen molar-refractivity contribution in [1.29, 1.82) is 0 Å². The van der Waals surface area contributed by atoms with Crippen molar-refractivity contribution in [3.63, 3.8) is 0 Å². The highest BCUT2D eigenvalue weighted by Gasteiger charge is 2.27. The summed E-state index contributed by atoms with van der Waals surface area (Å²) in [6.45, 7) is 3.15. The summed E-state index contributed by atoms with van der Waals surface area (Å²) in [4.78, 5) is 40.5. The monoisotopic (exact) mass is 387 g/mol. The quantitative estimate of drug-likeness (QED) is 0.869. The topological polar surface area (TPSA) is 82.9 Å². The first-order valence-corrected chi connectivity index (χ1v) is 9.13. The minimum absolute atomic E-state index is 0.0306. The first-order chi connectivity index (χ1) is 13.5. The predicted molar refractivity (Wildman–Crippen MR) is 99.1 cm³/mol. The maximum absolute atomic E-state index is 13.9. The van der Waals surface area contributed by atoms with Gasteiger partial charge < -0.3 is 19.5 Å². The number of nitrogens with zero attached hydrogens (tertiary/aromatic N) is 2. The van der Waals surface area contributed by atoms with Crippen molar-refractivity contribution < 1.29 is 23.2 Å². The number of rotatable bonds is 4. The number of carbonyl (C=O) groups is 3. The normalized spacial score (nSPS) is 15.6. The van der Waals surface area contributed by atoms with Crippen LogP contribution in [0.2, 0.25) is 0 Å². The maximum Gasteiger partial charge on any atom is 0.256 e. The molecule has 0 bridgehead atoms. The molecule has 28 heavy (non-hydrogen) atoms. The third-order valence-corrected chi connectivity index (χ3v) is 4.70. The zero-order valence-corrected chi connectivity index (χ0v) is 15.6. The van der Waals surface area contributed by atoms with Crippen LogP contribution in [0, 0.1) is 5.82 Å². The number of amides is 3. The molecule has 7 nitrogen and oxygen atoms in total. The summed E-state index contributed by atoms with van der Waals surface area (Å²) in [6.07, 6.45) is 3.27. The van der Waals surface area contributed by atoms with E-state index in [0.717, 1.165) is 0 Å². The Labute approximate surface area is 162 Å². The Morgan fingerprint density at radius 3 is 2.50 bits per heavy atom. The Bertz CT molecular complexity index is 853. The van der Waals surface area contributed by atoms with Gasteiger partial charge in [0.15, 0.2) is 0 Å². The largest absolute Gasteiger partial charge is 0.472 e. The predicted octanol–water partition coefficient (Wildman–Crippen LogP) is 1.91. The van der Waals surface area contributed by atoms with E-state index >= 15 is 0 Å². The summed E-state index contributed by atoms with van der Waals surface area (Å²) in [5.41, 5.74) is 0.375. The number of hydrogen-bond donors (Lipinski definition) is 1. The molecule has 3 rings (SSSR count). The highest BCUT2D eigenvalue weighted by atomic mass is 19.1.